The molecule has 0 aliphatic rings. The number of hydrogen-bond acceptors (Lipinski definition) is 2. The molecule has 3 heteroatoms. The third-order valence-corrected chi connectivity index (χ3v) is 4.47. The molecule has 0 radical (unpaired) electrons. The smallest absolute Gasteiger partial charge is 0.306 e. The van der Waals surface area contributed by atoms with Gasteiger partial charge in [-0.15, -0.1) is 0 Å². The zero-order valence-corrected chi connectivity index (χ0v) is 14.3. The van der Waals surface area contributed by atoms with Gasteiger partial charge in [-0.2, -0.15) is 0 Å². The molecule has 0 aromatic carbocycles. The molecule has 0 heterocycles. The number of unbranched alkanes of at least 4 members (excludes halogenated alkanes) is 7. The second-order valence-corrected chi connectivity index (χ2v) is 6.33. The SMILES string of the molecule is CCCCCCCC(CCCCCC)C(CCN)C(=O)O. The van der Waals surface area contributed by atoms with Crippen molar-refractivity contribution in [2.45, 2.75) is 90.9 Å². The van der Waals surface area contributed by atoms with E-state index in [4.69, 9.17) is 5.73 Å². The zero-order valence-electron chi connectivity index (χ0n) is 14.3. The van der Waals surface area contributed by atoms with Gasteiger partial charge in [-0.1, -0.05) is 71.6 Å². The van der Waals surface area contributed by atoms with E-state index in [9.17, 15) is 9.90 Å². The van der Waals surface area contributed by atoms with Gasteiger partial charge in [-0.25, -0.2) is 0 Å². The molecule has 2 unspecified atom stereocenters. The van der Waals surface area contributed by atoms with Gasteiger partial charge in [0.1, 0.15) is 0 Å². The molecule has 0 spiro atoms. The minimum Gasteiger partial charge on any atom is -0.481 e. The minimum atomic E-state index is -0.644. The molecule has 126 valence electrons. The van der Waals surface area contributed by atoms with Crippen LogP contribution in [0.1, 0.15) is 90.9 Å². The van der Waals surface area contributed by atoms with Gasteiger partial charge < -0.3 is 10.8 Å². The van der Waals surface area contributed by atoms with Crippen LogP contribution in [0.15, 0.2) is 0 Å². The maximum atomic E-state index is 11.5. The fourth-order valence-corrected chi connectivity index (χ4v) is 3.13. The van der Waals surface area contributed by atoms with Crippen LogP contribution in [0.5, 0.6) is 0 Å². The van der Waals surface area contributed by atoms with Crippen molar-refractivity contribution >= 4 is 5.97 Å². The molecule has 0 amide bonds. The fraction of sp³-hybridized carbons (Fsp3) is 0.944. The highest BCUT2D eigenvalue weighted by atomic mass is 16.4. The monoisotopic (exact) mass is 299 g/mol. The Morgan fingerprint density at radius 2 is 1.33 bits per heavy atom. The lowest BCUT2D eigenvalue weighted by Crippen LogP contribution is -2.26. The van der Waals surface area contributed by atoms with Crippen LogP contribution < -0.4 is 5.73 Å². The second-order valence-electron chi connectivity index (χ2n) is 6.33. The standard InChI is InChI=1S/C18H37NO2/c1-3-5-7-9-11-13-16(12-10-8-6-4-2)17(14-15-19)18(20)21/h16-17H,3-15,19H2,1-2H3,(H,20,21). The lowest BCUT2D eigenvalue weighted by atomic mass is 9.81. The van der Waals surface area contributed by atoms with Crippen LogP contribution in [0.4, 0.5) is 0 Å². The van der Waals surface area contributed by atoms with Crippen molar-refractivity contribution in [3.63, 3.8) is 0 Å². The molecule has 21 heavy (non-hydrogen) atoms. The number of rotatable bonds is 15. The number of aliphatic carboxylic acids is 1. The van der Waals surface area contributed by atoms with E-state index in [0.717, 1.165) is 12.8 Å². The molecule has 0 aliphatic heterocycles. The van der Waals surface area contributed by atoms with E-state index in [1.54, 1.807) is 0 Å². The van der Waals surface area contributed by atoms with Crippen LogP contribution >= 0.6 is 0 Å². The summed E-state index contributed by atoms with van der Waals surface area (Å²) in [7, 11) is 0. The summed E-state index contributed by atoms with van der Waals surface area (Å²) in [4.78, 5) is 11.5. The summed E-state index contributed by atoms with van der Waals surface area (Å²) in [5.41, 5.74) is 5.61. The normalized spacial score (nSPS) is 14.0. The Bertz CT molecular complexity index is 243. The Hall–Kier alpha value is -0.570. The maximum absolute atomic E-state index is 11.5. The maximum Gasteiger partial charge on any atom is 0.306 e. The quantitative estimate of drug-likeness (QED) is 0.419. The number of carboxylic acid groups (broad SMARTS) is 1. The molecule has 3 nitrogen and oxygen atoms in total. The molecule has 0 rings (SSSR count). The molecule has 0 bridgehead atoms. The molecule has 0 aromatic heterocycles. The molecule has 2 atom stereocenters. The third kappa shape index (κ3) is 10.8. The van der Waals surface area contributed by atoms with Gasteiger partial charge >= 0.3 is 5.97 Å². The van der Waals surface area contributed by atoms with Gasteiger partial charge in [0.2, 0.25) is 0 Å². The number of hydrogen-bond donors (Lipinski definition) is 2. The number of nitrogens with two attached hydrogens (primary N) is 1. The van der Waals surface area contributed by atoms with Crippen molar-refractivity contribution in [1.82, 2.24) is 0 Å². The van der Waals surface area contributed by atoms with Crippen LogP contribution in [-0.2, 0) is 4.79 Å². The summed E-state index contributed by atoms with van der Waals surface area (Å²) in [5, 5.41) is 9.46. The number of carboxylic acids is 1. The van der Waals surface area contributed by atoms with Gasteiger partial charge in [0.05, 0.1) is 5.92 Å². The Labute approximate surface area is 131 Å². The molecule has 0 fully saturated rings. The Morgan fingerprint density at radius 1 is 0.857 bits per heavy atom. The highest BCUT2D eigenvalue weighted by Crippen LogP contribution is 2.28. The Morgan fingerprint density at radius 3 is 1.76 bits per heavy atom. The number of carbonyl (C=O) groups is 1. The fourth-order valence-electron chi connectivity index (χ4n) is 3.13. The summed E-state index contributed by atoms with van der Waals surface area (Å²) in [6, 6.07) is 0. The van der Waals surface area contributed by atoms with Crippen molar-refractivity contribution in [1.29, 1.82) is 0 Å². The molecular weight excluding hydrogens is 262 g/mol. The molecule has 0 aromatic rings. The largest absolute Gasteiger partial charge is 0.481 e. The second kappa shape index (κ2) is 14.4. The average Bonchev–Trinajstić information content (AvgIpc) is 2.47. The summed E-state index contributed by atoms with van der Waals surface area (Å²) in [5.74, 6) is -0.554. The summed E-state index contributed by atoms with van der Waals surface area (Å²) >= 11 is 0. The summed E-state index contributed by atoms with van der Waals surface area (Å²) in [6.07, 6.45) is 13.9. The first-order valence-corrected chi connectivity index (χ1v) is 9.10. The topological polar surface area (TPSA) is 63.3 Å². The van der Waals surface area contributed by atoms with Crippen molar-refractivity contribution < 1.29 is 9.90 Å². The van der Waals surface area contributed by atoms with Gasteiger partial charge in [-0.3, -0.25) is 4.79 Å². The molecule has 3 N–H and O–H groups in total. The first-order chi connectivity index (χ1) is 10.2. The zero-order chi connectivity index (χ0) is 15.9. The van der Waals surface area contributed by atoms with E-state index in [2.05, 4.69) is 13.8 Å². The van der Waals surface area contributed by atoms with Crippen LogP contribution in [0, 0.1) is 11.8 Å². The lowest BCUT2D eigenvalue weighted by Gasteiger charge is -2.24. The molecule has 0 aliphatic carbocycles. The van der Waals surface area contributed by atoms with Crippen LogP contribution in [0.25, 0.3) is 0 Å². The van der Waals surface area contributed by atoms with Gasteiger partial charge in [0.25, 0.3) is 0 Å². The van der Waals surface area contributed by atoms with E-state index in [1.807, 2.05) is 0 Å². The van der Waals surface area contributed by atoms with E-state index in [-0.39, 0.29) is 5.92 Å². The Kier molecular flexibility index (Phi) is 14.0. The summed E-state index contributed by atoms with van der Waals surface area (Å²) < 4.78 is 0. The van der Waals surface area contributed by atoms with E-state index < -0.39 is 5.97 Å². The average molecular weight is 299 g/mol. The van der Waals surface area contributed by atoms with Crippen LogP contribution in [-0.4, -0.2) is 17.6 Å². The van der Waals surface area contributed by atoms with Crippen LogP contribution in [0.3, 0.4) is 0 Å². The molecule has 0 saturated carbocycles. The van der Waals surface area contributed by atoms with Crippen molar-refractivity contribution in [3.8, 4) is 0 Å². The first-order valence-electron chi connectivity index (χ1n) is 9.10. The van der Waals surface area contributed by atoms with E-state index >= 15 is 0 Å². The van der Waals surface area contributed by atoms with E-state index in [0.29, 0.717) is 18.9 Å². The van der Waals surface area contributed by atoms with Gasteiger partial charge in [0, 0.05) is 0 Å². The van der Waals surface area contributed by atoms with Crippen LogP contribution in [0.2, 0.25) is 0 Å². The molecule has 0 saturated heterocycles. The Balaban J connectivity index is 4.26. The van der Waals surface area contributed by atoms with Crippen molar-refractivity contribution in [3.05, 3.63) is 0 Å². The predicted molar refractivity (Wildman–Crippen MR) is 90.4 cm³/mol. The van der Waals surface area contributed by atoms with Gasteiger partial charge in [0.15, 0.2) is 0 Å². The lowest BCUT2D eigenvalue weighted by molar-refractivity contribution is -0.144. The van der Waals surface area contributed by atoms with Gasteiger partial charge in [-0.05, 0) is 31.7 Å². The summed E-state index contributed by atoms with van der Waals surface area (Å²) in [6.45, 7) is 4.91. The minimum absolute atomic E-state index is 0.234. The molecular formula is C18H37NO2. The third-order valence-electron chi connectivity index (χ3n) is 4.47. The highest BCUT2D eigenvalue weighted by molar-refractivity contribution is 5.70. The van der Waals surface area contributed by atoms with Crippen molar-refractivity contribution in [2.24, 2.45) is 17.6 Å². The van der Waals surface area contributed by atoms with Crippen molar-refractivity contribution in [2.75, 3.05) is 6.54 Å². The first kappa shape index (κ1) is 20.4. The highest BCUT2D eigenvalue weighted by Gasteiger charge is 2.26. The van der Waals surface area contributed by atoms with E-state index in [1.165, 1.54) is 57.8 Å². The predicted octanol–water partition coefficient (Wildman–Crippen LogP) is 4.98.